The first-order chi connectivity index (χ1) is 10.9. The molecule has 0 bridgehead atoms. The van der Waals surface area contributed by atoms with E-state index in [1.807, 2.05) is 26.0 Å². The Hall–Kier alpha value is -2.89. The van der Waals surface area contributed by atoms with Crippen LogP contribution in [0.2, 0.25) is 0 Å². The number of carbonyl (C=O) groups excluding carboxylic acids is 2. The van der Waals surface area contributed by atoms with Gasteiger partial charge in [-0.15, -0.1) is 0 Å². The van der Waals surface area contributed by atoms with Crippen molar-refractivity contribution in [3.05, 3.63) is 58.9 Å². The lowest BCUT2D eigenvalue weighted by Crippen LogP contribution is -2.15. The second kappa shape index (κ2) is 6.91. The van der Waals surface area contributed by atoms with Gasteiger partial charge < -0.3 is 10.1 Å². The number of halogens is 1. The van der Waals surface area contributed by atoms with E-state index in [9.17, 15) is 14.0 Å². The molecule has 6 heteroatoms. The van der Waals surface area contributed by atoms with E-state index >= 15 is 0 Å². The van der Waals surface area contributed by atoms with Crippen LogP contribution in [0, 0.1) is 19.7 Å². The van der Waals surface area contributed by atoms with Gasteiger partial charge in [-0.1, -0.05) is 17.7 Å². The molecule has 2 amide bonds. The second-order valence-corrected chi connectivity index (χ2v) is 5.08. The molecule has 0 radical (unpaired) electrons. The Bertz CT molecular complexity index is 759. The third-order valence-electron chi connectivity index (χ3n) is 3.27. The summed E-state index contributed by atoms with van der Waals surface area (Å²) < 4.78 is 18.1. The highest BCUT2D eigenvalue weighted by atomic mass is 19.1. The standard InChI is InChI=1S/C17H17FN2O3/c1-10-4-6-13(11(2)8-10)16(21)19-12-5-7-14(18)15(9-12)20-17(22)23-3/h4-9H,1-3H3,(H,19,21)(H,20,22). The molecule has 2 aromatic carbocycles. The van der Waals surface area contributed by atoms with Gasteiger partial charge >= 0.3 is 6.09 Å². The van der Waals surface area contributed by atoms with Crippen LogP contribution in [0.3, 0.4) is 0 Å². The third-order valence-corrected chi connectivity index (χ3v) is 3.27. The maximum Gasteiger partial charge on any atom is 0.411 e. The molecule has 23 heavy (non-hydrogen) atoms. The maximum absolute atomic E-state index is 13.7. The molecule has 2 N–H and O–H groups in total. The van der Waals surface area contributed by atoms with E-state index < -0.39 is 11.9 Å². The lowest BCUT2D eigenvalue weighted by atomic mass is 10.1. The number of ether oxygens (including phenoxy) is 1. The smallest absolute Gasteiger partial charge is 0.411 e. The van der Waals surface area contributed by atoms with Crippen LogP contribution >= 0.6 is 0 Å². The fraction of sp³-hybridized carbons (Fsp3) is 0.176. The van der Waals surface area contributed by atoms with Gasteiger partial charge in [-0.25, -0.2) is 9.18 Å². The number of amides is 2. The normalized spacial score (nSPS) is 10.1. The van der Waals surface area contributed by atoms with Gasteiger partial charge in [-0.3, -0.25) is 10.1 Å². The van der Waals surface area contributed by atoms with Crippen molar-refractivity contribution in [3.63, 3.8) is 0 Å². The average Bonchev–Trinajstić information content (AvgIpc) is 2.50. The molecule has 0 fully saturated rings. The zero-order chi connectivity index (χ0) is 17.0. The predicted molar refractivity (Wildman–Crippen MR) is 86.3 cm³/mol. The summed E-state index contributed by atoms with van der Waals surface area (Å²) in [5.74, 6) is -0.932. The average molecular weight is 316 g/mol. The Morgan fingerprint density at radius 3 is 2.43 bits per heavy atom. The van der Waals surface area contributed by atoms with Gasteiger partial charge in [0, 0.05) is 11.3 Å². The van der Waals surface area contributed by atoms with Crippen molar-refractivity contribution >= 4 is 23.4 Å². The molecule has 2 rings (SSSR count). The molecule has 0 atom stereocenters. The summed E-state index contributed by atoms with van der Waals surface area (Å²) in [7, 11) is 1.18. The molecule has 0 saturated carbocycles. The summed E-state index contributed by atoms with van der Waals surface area (Å²) in [5.41, 5.74) is 2.73. The molecule has 0 unspecified atom stereocenters. The van der Waals surface area contributed by atoms with Crippen molar-refractivity contribution in [1.82, 2.24) is 0 Å². The summed E-state index contributed by atoms with van der Waals surface area (Å²) in [5, 5.41) is 4.92. The second-order valence-electron chi connectivity index (χ2n) is 5.08. The summed E-state index contributed by atoms with van der Waals surface area (Å²) in [6.07, 6.45) is -0.790. The van der Waals surface area contributed by atoms with Gasteiger partial charge in [0.2, 0.25) is 0 Å². The van der Waals surface area contributed by atoms with Crippen LogP contribution < -0.4 is 10.6 Å². The van der Waals surface area contributed by atoms with Crippen molar-refractivity contribution in [1.29, 1.82) is 0 Å². The first-order valence-electron chi connectivity index (χ1n) is 6.94. The Morgan fingerprint density at radius 2 is 1.78 bits per heavy atom. The van der Waals surface area contributed by atoms with Crippen LogP contribution in [0.1, 0.15) is 21.5 Å². The van der Waals surface area contributed by atoms with E-state index in [0.29, 0.717) is 11.3 Å². The SMILES string of the molecule is COC(=O)Nc1cc(NC(=O)c2ccc(C)cc2C)ccc1F. The van der Waals surface area contributed by atoms with Crippen LogP contribution in [0.5, 0.6) is 0 Å². The van der Waals surface area contributed by atoms with E-state index in [4.69, 9.17) is 0 Å². The number of nitrogens with one attached hydrogen (secondary N) is 2. The van der Waals surface area contributed by atoms with Crippen molar-refractivity contribution in [2.24, 2.45) is 0 Å². The summed E-state index contributed by atoms with van der Waals surface area (Å²) in [4.78, 5) is 23.5. The van der Waals surface area contributed by atoms with Crippen LogP contribution in [-0.4, -0.2) is 19.1 Å². The molecule has 5 nitrogen and oxygen atoms in total. The van der Waals surface area contributed by atoms with Gasteiger partial charge in [-0.2, -0.15) is 0 Å². The van der Waals surface area contributed by atoms with Crippen molar-refractivity contribution in [2.75, 3.05) is 17.7 Å². The molecule has 0 aliphatic rings. The van der Waals surface area contributed by atoms with Gasteiger partial charge in [-0.05, 0) is 43.7 Å². The lowest BCUT2D eigenvalue weighted by molar-refractivity contribution is 0.102. The van der Waals surface area contributed by atoms with Crippen molar-refractivity contribution in [3.8, 4) is 0 Å². The number of rotatable bonds is 3. The molecule has 0 saturated heterocycles. The number of anilines is 2. The molecule has 120 valence electrons. The van der Waals surface area contributed by atoms with Gasteiger partial charge in [0.05, 0.1) is 12.8 Å². The number of hydrogen-bond donors (Lipinski definition) is 2. The lowest BCUT2D eigenvalue weighted by Gasteiger charge is -2.11. The minimum absolute atomic E-state index is 0.0738. The van der Waals surface area contributed by atoms with Crippen LogP contribution in [-0.2, 0) is 4.74 Å². The number of aryl methyl sites for hydroxylation is 2. The van der Waals surface area contributed by atoms with Crippen molar-refractivity contribution in [2.45, 2.75) is 13.8 Å². The fourth-order valence-corrected chi connectivity index (χ4v) is 2.13. The van der Waals surface area contributed by atoms with Crippen molar-refractivity contribution < 1.29 is 18.7 Å². The topological polar surface area (TPSA) is 67.4 Å². The van der Waals surface area contributed by atoms with Crippen LogP contribution in [0.25, 0.3) is 0 Å². The minimum Gasteiger partial charge on any atom is -0.453 e. The summed E-state index contributed by atoms with van der Waals surface area (Å²) >= 11 is 0. The quantitative estimate of drug-likeness (QED) is 0.903. The Balaban J connectivity index is 2.21. The molecular formula is C17H17FN2O3. The fourth-order valence-electron chi connectivity index (χ4n) is 2.13. The monoisotopic (exact) mass is 316 g/mol. The van der Waals surface area contributed by atoms with Gasteiger partial charge in [0.25, 0.3) is 5.91 Å². The molecule has 0 spiro atoms. The zero-order valence-electron chi connectivity index (χ0n) is 13.1. The first-order valence-corrected chi connectivity index (χ1v) is 6.94. The van der Waals surface area contributed by atoms with E-state index in [-0.39, 0.29) is 11.6 Å². The first kappa shape index (κ1) is 16.5. The minimum atomic E-state index is -0.790. The Labute approximate surface area is 133 Å². The highest BCUT2D eigenvalue weighted by Crippen LogP contribution is 2.21. The number of carbonyl (C=O) groups is 2. The highest BCUT2D eigenvalue weighted by Gasteiger charge is 2.12. The molecule has 0 heterocycles. The Morgan fingerprint density at radius 1 is 1.04 bits per heavy atom. The maximum atomic E-state index is 13.7. The predicted octanol–water partition coefficient (Wildman–Crippen LogP) is 3.87. The van der Waals surface area contributed by atoms with E-state index in [1.54, 1.807) is 6.07 Å². The number of benzene rings is 2. The molecule has 0 aliphatic carbocycles. The summed E-state index contributed by atoms with van der Waals surface area (Å²) in [6, 6.07) is 9.38. The largest absolute Gasteiger partial charge is 0.453 e. The molecule has 2 aromatic rings. The van der Waals surface area contributed by atoms with Crippen LogP contribution in [0.4, 0.5) is 20.6 Å². The Kier molecular flexibility index (Phi) is 4.95. The van der Waals surface area contributed by atoms with Crippen LogP contribution in [0.15, 0.2) is 36.4 Å². The van der Waals surface area contributed by atoms with E-state index in [0.717, 1.165) is 17.2 Å². The van der Waals surface area contributed by atoms with Gasteiger partial charge in [0.15, 0.2) is 0 Å². The van der Waals surface area contributed by atoms with E-state index in [2.05, 4.69) is 15.4 Å². The van der Waals surface area contributed by atoms with E-state index in [1.165, 1.54) is 19.2 Å². The van der Waals surface area contributed by atoms with Gasteiger partial charge in [0.1, 0.15) is 5.82 Å². The molecule has 0 aromatic heterocycles. The molecule has 0 aliphatic heterocycles. The zero-order valence-corrected chi connectivity index (χ0v) is 13.1. The molecular weight excluding hydrogens is 299 g/mol. The number of methoxy groups -OCH3 is 1. The summed E-state index contributed by atoms with van der Waals surface area (Å²) in [6.45, 7) is 3.79. The third kappa shape index (κ3) is 4.06. The highest BCUT2D eigenvalue weighted by molar-refractivity contribution is 6.05. The number of hydrogen-bond acceptors (Lipinski definition) is 3.